The zero-order valence-corrected chi connectivity index (χ0v) is 56.6. The monoisotopic (exact) mass is 1530 g/mol. The van der Waals surface area contributed by atoms with Crippen molar-refractivity contribution >= 4 is 41.5 Å². The Morgan fingerprint density at radius 2 is 0.752 bits per heavy atom. The van der Waals surface area contributed by atoms with Crippen LogP contribution in [-0.2, 0) is 95.1 Å². The largest absolute Gasteiger partial charge is 0.477 e. The van der Waals surface area contributed by atoms with Gasteiger partial charge in [0.1, 0.15) is 159 Å². The van der Waals surface area contributed by atoms with Crippen LogP contribution in [0.2, 0.25) is 0 Å². The normalized spacial score (nSPS) is 43.6. The summed E-state index contributed by atoms with van der Waals surface area (Å²) < 4.78 is 75.5. The summed E-state index contributed by atoms with van der Waals surface area (Å²) in [6.07, 6.45) is -66.6. The van der Waals surface area contributed by atoms with Crippen LogP contribution in [0.1, 0.15) is 47.5 Å². The van der Waals surface area contributed by atoms with Crippen molar-refractivity contribution in [1.82, 2.24) is 26.6 Å². The highest BCUT2D eigenvalue weighted by Gasteiger charge is 2.64. The van der Waals surface area contributed by atoms with Crippen molar-refractivity contribution in [2.75, 3.05) is 46.2 Å². The molecule has 27 N–H and O–H groups in total. The highest BCUT2D eigenvalue weighted by atomic mass is 16.8. The number of hydrogen-bond donors (Lipinski definition) is 27. The van der Waals surface area contributed by atoms with Gasteiger partial charge in [0.15, 0.2) is 31.5 Å². The molecule has 0 saturated carbocycles. The lowest BCUT2D eigenvalue weighted by Gasteiger charge is -2.52. The van der Waals surface area contributed by atoms with E-state index < -0.39 is 326 Å². The van der Waals surface area contributed by atoms with E-state index in [9.17, 15) is 146 Å². The van der Waals surface area contributed by atoms with Gasteiger partial charge in [-0.15, -0.1) is 0 Å². The van der Waals surface area contributed by atoms with Gasteiger partial charge >= 0.3 is 11.9 Å². The molecule has 47 heteroatoms. The molecule has 0 aromatic heterocycles. The molecule has 7 rings (SSSR count). The van der Waals surface area contributed by atoms with Gasteiger partial charge < -0.3 is 201 Å². The van der Waals surface area contributed by atoms with E-state index in [0.29, 0.717) is 0 Å². The SMILES string of the molecule is CC(=O)N[C@H]1[C@H](OC[C@H]2OC(O)[C@H](NC(C)=O)[C@@H](O[C@@H]3O[C@H](CO)[C@H](O[C@@H]4O[C@H](CO)[C@@H](O)[C@H](O[C@]5(C(=O)O)C[C@H](O)[C@@H](NC(C)=O)[C@H]([C@H](O)[C@H](O)CO)O5)[C@H]4NC(C)=O)[C@H](O)[C@H]3O)[C@H]2O)O[C@H](CO)[C@@H](O[C@@H]2O[C@H](CO)[C@H](O)[C@H](O[C@]3(C(=O)O)C[C@H](O)[C@@H](NC(C)=O)[C@H]([C@H](O)[C@H](O)CO)O3)[C@H]2O)[C@@H]1O. The highest BCUT2D eigenvalue weighted by molar-refractivity contribution is 5.78. The predicted octanol–water partition coefficient (Wildman–Crippen LogP) is -17.1. The molecule has 7 heterocycles. The van der Waals surface area contributed by atoms with Gasteiger partial charge in [0.25, 0.3) is 11.6 Å². The summed E-state index contributed by atoms with van der Waals surface area (Å²) in [5.41, 5.74) is 0. The maximum absolute atomic E-state index is 13.3. The first-order valence-electron chi connectivity index (χ1n) is 32.9. The fourth-order valence-corrected chi connectivity index (χ4v) is 13.3. The summed E-state index contributed by atoms with van der Waals surface area (Å²) in [5.74, 6) is -15.2. The van der Waals surface area contributed by atoms with Crippen LogP contribution in [0, 0.1) is 0 Å². The molecule has 7 fully saturated rings. The smallest absolute Gasteiger partial charge is 0.364 e. The van der Waals surface area contributed by atoms with Gasteiger partial charge in [0, 0.05) is 47.5 Å². The van der Waals surface area contributed by atoms with Gasteiger partial charge in [-0.1, -0.05) is 0 Å². The molecule has 1 unspecified atom stereocenters. The standard InChI is InChI=1S/C58H95N5O42/c1-15(70)59-29-20(75)6-57(55(89)90,102-46(29)34(79)22(77)8-64)104-48-33(63-19(5)74)52(95-24(10-66)36(48)81)99-44-27(13-69)98-53(41(86)40(44)85)101-45-32(62-18(4)73)50(88)94-28(38(45)83)14-93-51-31(61-17(3)72)39(84)43(26(12-68)97-51)100-54-42(87)49(37(82)25(11-67)96-54)105-58(56(91)92)7-21(76)30(60-16(2)71)47(103-58)35(80)23(78)9-65/h20-54,64-69,75-88H,6-14H2,1-5H3,(H,59,70)(H,60,71)(H,61,72)(H,62,73)(H,63,74)(H,89,90)(H,91,92)/t20-,21-,22+,23+,24+,25+,26+,27+,28+,29+,30+,31+,32+,33+,34+,35+,36+,37-,38-,39+,40+,41+,42+,43+,44-,45+,46+,47+,48+,49-,50?,51+,52-,53-,54-,57-,58-/m0/s1. The van der Waals surface area contributed by atoms with Crippen molar-refractivity contribution in [2.45, 2.75) is 273 Å². The summed E-state index contributed by atoms with van der Waals surface area (Å²) in [7, 11) is 0. The van der Waals surface area contributed by atoms with E-state index in [2.05, 4.69) is 26.6 Å². The maximum atomic E-state index is 13.3. The van der Waals surface area contributed by atoms with E-state index in [1.165, 1.54) is 0 Å². The van der Waals surface area contributed by atoms with Crippen LogP contribution in [0.5, 0.6) is 0 Å². The molecule has 7 aliphatic rings. The molecule has 0 aromatic carbocycles. The first kappa shape index (κ1) is 87.2. The summed E-state index contributed by atoms with van der Waals surface area (Å²) in [6.45, 7) is -3.29. The van der Waals surface area contributed by atoms with Crippen molar-refractivity contribution in [3.8, 4) is 0 Å². The predicted molar refractivity (Wildman–Crippen MR) is 324 cm³/mol. The highest BCUT2D eigenvalue weighted by Crippen LogP contribution is 2.42. The number of carbonyl (C=O) groups is 7. The molecule has 0 bridgehead atoms. The van der Waals surface area contributed by atoms with Crippen molar-refractivity contribution in [3.05, 3.63) is 0 Å². The van der Waals surface area contributed by atoms with Gasteiger partial charge in [0.05, 0.1) is 70.5 Å². The van der Waals surface area contributed by atoms with Crippen LogP contribution < -0.4 is 26.6 Å². The Bertz CT molecular complexity index is 2900. The fourth-order valence-electron chi connectivity index (χ4n) is 13.3. The Balaban J connectivity index is 1.09. The Hall–Kier alpha value is -5.03. The Morgan fingerprint density at radius 3 is 1.20 bits per heavy atom. The van der Waals surface area contributed by atoms with Gasteiger partial charge in [-0.05, 0) is 0 Å². The Kier molecular flexibility index (Phi) is 30.8. The molecule has 0 spiro atoms. The molecular formula is C58H95N5O42. The molecule has 5 amide bonds. The van der Waals surface area contributed by atoms with Crippen molar-refractivity contribution in [2.24, 2.45) is 0 Å². The number of rotatable bonds is 30. The molecule has 7 saturated heterocycles. The Labute approximate surface area is 593 Å². The van der Waals surface area contributed by atoms with Crippen molar-refractivity contribution in [1.29, 1.82) is 0 Å². The van der Waals surface area contributed by atoms with E-state index >= 15 is 0 Å². The minimum atomic E-state index is -3.24. The number of carboxylic acid groups (broad SMARTS) is 2. The molecule has 47 nitrogen and oxygen atoms in total. The van der Waals surface area contributed by atoms with Gasteiger partial charge in [-0.25, -0.2) is 9.59 Å². The number of hydrogen-bond acceptors (Lipinski definition) is 40. The lowest BCUT2D eigenvalue weighted by molar-refractivity contribution is -0.384. The number of aliphatic hydroxyl groups is 20. The second-order valence-electron chi connectivity index (χ2n) is 26.1. The molecule has 37 atom stereocenters. The fraction of sp³-hybridized carbons (Fsp3) is 0.879. The van der Waals surface area contributed by atoms with Crippen molar-refractivity contribution < 1.29 is 207 Å². The molecule has 0 radical (unpaired) electrons. The second-order valence-corrected chi connectivity index (χ2v) is 26.1. The van der Waals surface area contributed by atoms with Crippen LogP contribution in [0.3, 0.4) is 0 Å². The van der Waals surface area contributed by atoms with Crippen LogP contribution in [0.15, 0.2) is 0 Å². The van der Waals surface area contributed by atoms with Crippen molar-refractivity contribution in [3.63, 3.8) is 0 Å². The number of aliphatic carboxylic acids is 2. The third-order valence-corrected chi connectivity index (χ3v) is 18.5. The summed E-state index contributed by atoms with van der Waals surface area (Å²) in [6, 6.07) is -9.14. The van der Waals surface area contributed by atoms with E-state index in [1.807, 2.05) is 0 Å². The zero-order valence-electron chi connectivity index (χ0n) is 56.6. The summed E-state index contributed by atoms with van der Waals surface area (Å²) in [5, 5.41) is 253. The molecule has 0 aliphatic carbocycles. The third-order valence-electron chi connectivity index (χ3n) is 18.5. The Morgan fingerprint density at radius 1 is 0.390 bits per heavy atom. The number of ether oxygens (including phenoxy) is 13. The molecule has 7 aliphatic heterocycles. The van der Waals surface area contributed by atoms with E-state index in [4.69, 9.17) is 61.6 Å². The van der Waals surface area contributed by atoms with Crippen LogP contribution in [0.4, 0.5) is 0 Å². The first-order valence-corrected chi connectivity index (χ1v) is 32.9. The number of amides is 5. The molecule has 604 valence electrons. The molecule has 105 heavy (non-hydrogen) atoms. The molecular weight excluding hydrogens is 1440 g/mol. The number of carbonyl (C=O) groups excluding carboxylic acids is 5. The average molecular weight is 1530 g/mol. The molecule has 0 aromatic rings. The van der Waals surface area contributed by atoms with Crippen LogP contribution in [-0.4, -0.2) is 426 Å². The average Bonchev–Trinajstić information content (AvgIpc) is 0.755. The quantitative estimate of drug-likeness (QED) is 0.0318. The number of aliphatic hydroxyl groups excluding tert-OH is 20. The third kappa shape index (κ3) is 19.6. The topological polar surface area (TPSA) is 745 Å². The van der Waals surface area contributed by atoms with Crippen LogP contribution in [0.25, 0.3) is 0 Å². The van der Waals surface area contributed by atoms with Crippen LogP contribution >= 0.6 is 0 Å². The number of nitrogens with one attached hydrogen (secondary N) is 5. The first-order chi connectivity index (χ1) is 49.3. The van der Waals surface area contributed by atoms with Gasteiger partial charge in [-0.3, -0.25) is 24.0 Å². The van der Waals surface area contributed by atoms with E-state index in [1.54, 1.807) is 0 Å². The summed E-state index contributed by atoms with van der Waals surface area (Å²) >= 11 is 0. The minimum Gasteiger partial charge on any atom is -0.477 e. The summed E-state index contributed by atoms with van der Waals surface area (Å²) in [4.78, 5) is 89.0. The maximum Gasteiger partial charge on any atom is 0.364 e. The van der Waals surface area contributed by atoms with E-state index in [-0.39, 0.29) is 0 Å². The zero-order chi connectivity index (χ0) is 78.3. The number of carboxylic acids is 2. The lowest BCUT2D eigenvalue weighted by Crippen LogP contribution is -2.72. The van der Waals surface area contributed by atoms with E-state index in [0.717, 1.165) is 34.6 Å². The minimum absolute atomic E-state index is 0.849. The second kappa shape index (κ2) is 37.1. The van der Waals surface area contributed by atoms with Gasteiger partial charge in [-0.2, -0.15) is 0 Å². The van der Waals surface area contributed by atoms with Gasteiger partial charge in [0.2, 0.25) is 29.5 Å². The lowest BCUT2D eigenvalue weighted by atomic mass is 9.88.